The van der Waals surface area contributed by atoms with E-state index in [1.807, 2.05) is 48.5 Å². The van der Waals surface area contributed by atoms with Crippen molar-refractivity contribution in [3.63, 3.8) is 0 Å². The van der Waals surface area contributed by atoms with Crippen molar-refractivity contribution in [2.24, 2.45) is 0 Å². The number of halogens is 3. The van der Waals surface area contributed by atoms with E-state index in [0.29, 0.717) is 39.1 Å². The summed E-state index contributed by atoms with van der Waals surface area (Å²) in [6.45, 7) is 5.01. The van der Waals surface area contributed by atoms with Crippen LogP contribution in [-0.4, -0.2) is 35.0 Å². The SMILES string of the molecule is COCCOc1ccc(N2C(=S)N[C@H](c3ccccn3)[C@@H]2c2cc(C)n(-c3cccc(Cl)c3Cl)c2C)cc1Cl. The van der Waals surface area contributed by atoms with E-state index in [1.54, 1.807) is 19.4 Å². The minimum Gasteiger partial charge on any atom is -0.490 e. The number of aromatic nitrogens is 2. The molecule has 2 aromatic heterocycles. The molecule has 1 N–H and O–H groups in total. The van der Waals surface area contributed by atoms with Crippen molar-refractivity contribution in [3.8, 4) is 11.4 Å². The van der Waals surface area contributed by atoms with Crippen LogP contribution in [0.5, 0.6) is 5.75 Å². The minimum atomic E-state index is -0.221. The Morgan fingerprint density at radius 1 is 0.974 bits per heavy atom. The summed E-state index contributed by atoms with van der Waals surface area (Å²) in [6.07, 6.45) is 1.79. The number of hydrogen-bond donors (Lipinski definition) is 1. The van der Waals surface area contributed by atoms with Crippen LogP contribution in [0.3, 0.4) is 0 Å². The largest absolute Gasteiger partial charge is 0.490 e. The summed E-state index contributed by atoms with van der Waals surface area (Å²) in [4.78, 5) is 6.75. The third-order valence-corrected chi connectivity index (χ3v) is 8.22. The number of anilines is 1. The first-order valence-corrected chi connectivity index (χ1v) is 13.9. The van der Waals surface area contributed by atoms with Gasteiger partial charge in [-0.15, -0.1) is 0 Å². The normalized spacial score (nSPS) is 17.0. The van der Waals surface area contributed by atoms with E-state index in [0.717, 1.165) is 34.0 Å². The number of pyridine rings is 1. The molecule has 0 spiro atoms. The molecule has 0 saturated carbocycles. The van der Waals surface area contributed by atoms with Crippen molar-refractivity contribution < 1.29 is 9.47 Å². The van der Waals surface area contributed by atoms with Crippen molar-refractivity contribution >= 4 is 57.8 Å². The predicted octanol–water partition coefficient (Wildman–Crippen LogP) is 7.65. The lowest BCUT2D eigenvalue weighted by atomic mass is 9.96. The van der Waals surface area contributed by atoms with E-state index in [-0.39, 0.29) is 12.1 Å². The van der Waals surface area contributed by atoms with Gasteiger partial charge in [-0.25, -0.2) is 0 Å². The molecule has 1 fully saturated rings. The summed E-state index contributed by atoms with van der Waals surface area (Å²) in [6, 6.07) is 19.0. The van der Waals surface area contributed by atoms with Crippen LogP contribution in [0.4, 0.5) is 5.69 Å². The Balaban J connectivity index is 1.62. The van der Waals surface area contributed by atoms with Crippen LogP contribution in [0.25, 0.3) is 5.69 Å². The van der Waals surface area contributed by atoms with Crippen LogP contribution >= 0.6 is 47.0 Å². The van der Waals surface area contributed by atoms with Gasteiger partial charge in [0.1, 0.15) is 12.4 Å². The molecule has 39 heavy (non-hydrogen) atoms. The molecule has 1 saturated heterocycles. The fourth-order valence-corrected chi connectivity index (χ4v) is 6.02. The van der Waals surface area contributed by atoms with Crippen molar-refractivity contribution in [1.82, 2.24) is 14.9 Å². The second kappa shape index (κ2) is 11.7. The Labute approximate surface area is 248 Å². The van der Waals surface area contributed by atoms with Gasteiger partial charge in [0.05, 0.1) is 45.1 Å². The van der Waals surface area contributed by atoms with E-state index < -0.39 is 0 Å². The second-order valence-electron chi connectivity index (χ2n) is 9.19. The molecule has 0 aliphatic carbocycles. The van der Waals surface area contributed by atoms with Gasteiger partial charge in [0, 0.05) is 30.4 Å². The number of ether oxygens (including phenoxy) is 2. The molecule has 202 valence electrons. The first kappa shape index (κ1) is 27.7. The lowest BCUT2D eigenvalue weighted by Crippen LogP contribution is -2.29. The molecule has 2 atom stereocenters. The van der Waals surface area contributed by atoms with Crippen molar-refractivity contribution in [2.45, 2.75) is 25.9 Å². The van der Waals surface area contributed by atoms with Gasteiger partial charge in [0.2, 0.25) is 0 Å². The van der Waals surface area contributed by atoms with Gasteiger partial charge >= 0.3 is 0 Å². The van der Waals surface area contributed by atoms with E-state index in [2.05, 4.69) is 39.7 Å². The maximum absolute atomic E-state index is 6.65. The van der Waals surface area contributed by atoms with Crippen molar-refractivity contribution in [3.05, 3.63) is 105 Å². The Morgan fingerprint density at radius 2 is 1.79 bits per heavy atom. The van der Waals surface area contributed by atoms with E-state index in [1.165, 1.54) is 0 Å². The lowest BCUT2D eigenvalue weighted by molar-refractivity contribution is 0.146. The summed E-state index contributed by atoms with van der Waals surface area (Å²) in [5.74, 6) is 0.585. The Bertz CT molecular complexity index is 1510. The Kier molecular flexibility index (Phi) is 8.35. The molecule has 0 bridgehead atoms. The van der Waals surface area contributed by atoms with Gasteiger partial charge < -0.3 is 24.3 Å². The second-order valence-corrected chi connectivity index (χ2v) is 10.8. The smallest absolute Gasteiger partial charge is 0.174 e. The highest BCUT2D eigenvalue weighted by Gasteiger charge is 2.42. The van der Waals surface area contributed by atoms with Crippen LogP contribution in [0.1, 0.15) is 34.7 Å². The van der Waals surface area contributed by atoms with Crippen molar-refractivity contribution in [2.75, 3.05) is 25.2 Å². The van der Waals surface area contributed by atoms with Crippen LogP contribution in [0.2, 0.25) is 15.1 Å². The number of rotatable bonds is 8. The molecule has 5 rings (SSSR count). The number of methoxy groups -OCH3 is 1. The zero-order valence-corrected chi connectivity index (χ0v) is 24.7. The maximum atomic E-state index is 6.65. The standard InChI is InChI=1S/C29H27Cl3N4O2S/c1-17-15-20(18(2)35(17)24-9-6-7-21(30)26(24)32)28-27(23-8-4-5-12-33-23)34-29(39)36(28)19-10-11-25(22(31)16-19)38-14-13-37-3/h4-12,15-16,27-28H,13-14H2,1-3H3,(H,34,39)/t27-,28+/m1/s1. The summed E-state index contributed by atoms with van der Waals surface area (Å²) >= 11 is 25.6. The number of aryl methyl sites for hydroxylation is 1. The van der Waals surface area contributed by atoms with Gasteiger partial charge in [0.15, 0.2) is 5.11 Å². The fourth-order valence-electron chi connectivity index (χ4n) is 5.06. The summed E-state index contributed by atoms with van der Waals surface area (Å²) in [5.41, 5.74) is 5.64. The van der Waals surface area contributed by atoms with Gasteiger partial charge in [-0.1, -0.05) is 46.9 Å². The minimum absolute atomic E-state index is 0.209. The number of hydrogen-bond acceptors (Lipinski definition) is 4. The molecular formula is C29H27Cl3N4O2S. The lowest BCUT2D eigenvalue weighted by Gasteiger charge is -2.28. The molecule has 0 radical (unpaired) electrons. The Hall–Kier alpha value is -2.81. The van der Waals surface area contributed by atoms with Crippen molar-refractivity contribution in [1.29, 1.82) is 0 Å². The fraction of sp³-hybridized carbons (Fsp3) is 0.241. The summed E-state index contributed by atoms with van der Waals surface area (Å²) < 4.78 is 13.0. The van der Waals surface area contributed by atoms with Gasteiger partial charge in [-0.05, 0) is 80.2 Å². The molecular weight excluding hydrogens is 575 g/mol. The molecule has 3 heterocycles. The van der Waals surface area contributed by atoms with Crippen LogP contribution in [0, 0.1) is 13.8 Å². The first-order chi connectivity index (χ1) is 18.8. The highest BCUT2D eigenvalue weighted by Crippen LogP contribution is 2.45. The molecule has 2 aromatic carbocycles. The van der Waals surface area contributed by atoms with E-state index in [9.17, 15) is 0 Å². The van der Waals surface area contributed by atoms with Gasteiger partial charge in [-0.2, -0.15) is 0 Å². The molecule has 4 aromatic rings. The maximum Gasteiger partial charge on any atom is 0.174 e. The highest BCUT2D eigenvalue weighted by atomic mass is 35.5. The monoisotopic (exact) mass is 600 g/mol. The quantitative estimate of drug-likeness (QED) is 0.165. The molecule has 0 unspecified atom stereocenters. The molecule has 0 amide bonds. The summed E-state index contributed by atoms with van der Waals surface area (Å²) in [5, 5.41) is 5.57. The molecule has 10 heteroatoms. The third kappa shape index (κ3) is 5.34. The predicted molar refractivity (Wildman–Crippen MR) is 162 cm³/mol. The van der Waals surface area contributed by atoms with Gasteiger partial charge in [-0.3, -0.25) is 4.98 Å². The van der Waals surface area contributed by atoms with Crippen LogP contribution in [0.15, 0.2) is 66.9 Å². The third-order valence-electron chi connectivity index (χ3n) is 6.80. The number of thiocarbonyl (C=S) groups is 1. The number of nitrogens with one attached hydrogen (secondary N) is 1. The Morgan fingerprint density at radius 3 is 2.51 bits per heavy atom. The zero-order chi connectivity index (χ0) is 27.7. The first-order valence-electron chi connectivity index (χ1n) is 12.4. The number of nitrogens with zero attached hydrogens (tertiary/aromatic N) is 3. The molecule has 1 aliphatic heterocycles. The topological polar surface area (TPSA) is 51.6 Å². The molecule has 6 nitrogen and oxygen atoms in total. The van der Waals surface area contributed by atoms with E-state index >= 15 is 0 Å². The zero-order valence-electron chi connectivity index (χ0n) is 21.6. The van der Waals surface area contributed by atoms with Crippen LogP contribution in [-0.2, 0) is 4.74 Å². The average Bonchev–Trinajstić information content (AvgIpc) is 3.42. The summed E-state index contributed by atoms with van der Waals surface area (Å²) in [7, 11) is 1.63. The van der Waals surface area contributed by atoms with Gasteiger partial charge in [0.25, 0.3) is 0 Å². The molecule has 1 aliphatic rings. The number of benzene rings is 2. The van der Waals surface area contributed by atoms with Crippen LogP contribution < -0.4 is 15.0 Å². The van der Waals surface area contributed by atoms with E-state index in [4.69, 9.17) is 56.5 Å². The highest BCUT2D eigenvalue weighted by molar-refractivity contribution is 7.80. The average molecular weight is 602 g/mol.